The van der Waals surface area contributed by atoms with Crippen LogP contribution < -0.4 is 10.1 Å². The lowest BCUT2D eigenvalue weighted by Gasteiger charge is -2.18. The van der Waals surface area contributed by atoms with Crippen molar-refractivity contribution < 1.29 is 24.2 Å². The summed E-state index contributed by atoms with van der Waals surface area (Å²) < 4.78 is 5.09. The Morgan fingerprint density at radius 3 is 2.29 bits per heavy atom. The van der Waals surface area contributed by atoms with E-state index >= 15 is 0 Å². The molecule has 0 bridgehead atoms. The van der Waals surface area contributed by atoms with Gasteiger partial charge in [0.25, 0.3) is 5.91 Å². The molecule has 2 N–H and O–H groups in total. The van der Waals surface area contributed by atoms with E-state index in [1.54, 1.807) is 60.5 Å². The summed E-state index contributed by atoms with van der Waals surface area (Å²) in [7, 11) is 1.71. The fourth-order valence-corrected chi connectivity index (χ4v) is 2.69. The number of carboxylic acids is 1. The van der Waals surface area contributed by atoms with Crippen molar-refractivity contribution in [3.8, 4) is 5.75 Å². The monoisotopic (exact) mass is 382 g/mol. The summed E-state index contributed by atoms with van der Waals surface area (Å²) >= 11 is 0. The van der Waals surface area contributed by atoms with Gasteiger partial charge in [0.1, 0.15) is 5.75 Å². The van der Waals surface area contributed by atoms with E-state index in [4.69, 9.17) is 9.84 Å². The molecule has 1 aliphatic carbocycles. The zero-order chi connectivity index (χ0) is 20.1. The molecule has 0 radical (unpaired) electrons. The Bertz CT molecular complexity index is 857. The number of carboxylic acid groups (broad SMARTS) is 1. The van der Waals surface area contributed by atoms with Gasteiger partial charge in [-0.1, -0.05) is 12.1 Å². The zero-order valence-corrected chi connectivity index (χ0v) is 15.6. The molecule has 146 valence electrons. The molecule has 2 aromatic carbocycles. The maximum atomic E-state index is 12.6. The summed E-state index contributed by atoms with van der Waals surface area (Å²) in [5.74, 6) is -0.539. The number of nitrogens with one attached hydrogen (secondary N) is 1. The largest absolute Gasteiger partial charge is 0.482 e. The first-order chi connectivity index (χ1) is 13.4. The van der Waals surface area contributed by atoms with Crippen LogP contribution in [0.3, 0.4) is 0 Å². The highest BCUT2D eigenvalue weighted by Crippen LogP contribution is 2.30. The number of rotatable bonds is 8. The van der Waals surface area contributed by atoms with Gasteiger partial charge in [-0.15, -0.1) is 0 Å². The Hall–Kier alpha value is -3.35. The number of aliphatic carboxylic acids is 1. The topological polar surface area (TPSA) is 95.9 Å². The molecule has 2 aromatic rings. The Balaban J connectivity index is 1.54. The lowest BCUT2D eigenvalue weighted by molar-refractivity contribution is -0.139. The number of anilines is 1. The quantitative estimate of drug-likeness (QED) is 0.732. The lowest BCUT2D eigenvalue weighted by Crippen LogP contribution is -2.26. The van der Waals surface area contributed by atoms with Crippen LogP contribution in [0.2, 0.25) is 0 Å². The smallest absolute Gasteiger partial charge is 0.341 e. The van der Waals surface area contributed by atoms with E-state index in [0.717, 1.165) is 18.4 Å². The van der Waals surface area contributed by atoms with Gasteiger partial charge < -0.3 is 20.1 Å². The third-order valence-corrected chi connectivity index (χ3v) is 4.40. The van der Waals surface area contributed by atoms with Crippen molar-refractivity contribution in [2.45, 2.75) is 19.4 Å². The molecular formula is C21H22N2O5. The van der Waals surface area contributed by atoms with Gasteiger partial charge in [-0.3, -0.25) is 9.59 Å². The van der Waals surface area contributed by atoms with Crippen LogP contribution in [0.1, 0.15) is 28.8 Å². The summed E-state index contributed by atoms with van der Waals surface area (Å²) in [4.78, 5) is 36.5. The third kappa shape index (κ3) is 5.33. The minimum absolute atomic E-state index is 0.0342. The first kappa shape index (κ1) is 19.4. The molecule has 7 heteroatoms. The van der Waals surface area contributed by atoms with E-state index in [2.05, 4.69) is 5.32 Å². The summed E-state index contributed by atoms with van der Waals surface area (Å²) in [5.41, 5.74) is 2.12. The molecule has 2 amide bonds. The standard InChI is InChI=1S/C21H22N2O5/c1-23(12-14-2-10-18(11-3-14)28-13-19(24)25)21(27)16-6-8-17(9-7-16)22-20(26)15-4-5-15/h2-3,6-11,15H,4-5,12-13H2,1H3,(H,22,26)(H,24,25). The van der Waals surface area contributed by atoms with Crippen molar-refractivity contribution in [3.63, 3.8) is 0 Å². The van der Waals surface area contributed by atoms with Crippen molar-refractivity contribution in [2.24, 2.45) is 5.92 Å². The van der Waals surface area contributed by atoms with Crippen LogP contribution in [-0.4, -0.2) is 41.4 Å². The molecule has 0 atom stereocenters. The van der Waals surface area contributed by atoms with Gasteiger partial charge in [0, 0.05) is 30.8 Å². The number of carbonyl (C=O) groups excluding carboxylic acids is 2. The van der Waals surface area contributed by atoms with Crippen LogP contribution in [0.25, 0.3) is 0 Å². The number of carbonyl (C=O) groups is 3. The maximum absolute atomic E-state index is 12.6. The van der Waals surface area contributed by atoms with E-state index < -0.39 is 12.6 Å². The van der Waals surface area contributed by atoms with Crippen LogP contribution in [0.5, 0.6) is 5.75 Å². The number of amides is 2. The predicted octanol–water partition coefficient (Wildman–Crippen LogP) is 2.77. The molecule has 0 unspecified atom stereocenters. The second kappa shape index (κ2) is 8.56. The molecule has 0 saturated heterocycles. The summed E-state index contributed by atoms with van der Waals surface area (Å²) in [6.45, 7) is 0.00700. The maximum Gasteiger partial charge on any atom is 0.341 e. The van der Waals surface area contributed by atoms with Crippen LogP contribution in [0.15, 0.2) is 48.5 Å². The Labute approximate surface area is 162 Å². The van der Waals surface area contributed by atoms with Crippen molar-refractivity contribution in [1.82, 2.24) is 4.90 Å². The van der Waals surface area contributed by atoms with Crippen molar-refractivity contribution >= 4 is 23.5 Å². The van der Waals surface area contributed by atoms with Gasteiger partial charge in [0.05, 0.1) is 0 Å². The Kier molecular flexibility index (Phi) is 5.93. The third-order valence-electron chi connectivity index (χ3n) is 4.40. The number of benzene rings is 2. The minimum atomic E-state index is -1.03. The number of ether oxygens (including phenoxy) is 1. The molecule has 28 heavy (non-hydrogen) atoms. The second-order valence-electron chi connectivity index (χ2n) is 6.83. The average Bonchev–Trinajstić information content (AvgIpc) is 3.53. The molecular weight excluding hydrogens is 360 g/mol. The molecule has 1 fully saturated rings. The highest BCUT2D eigenvalue weighted by molar-refractivity contribution is 5.96. The number of nitrogens with zero attached hydrogens (tertiary/aromatic N) is 1. The van der Waals surface area contributed by atoms with Crippen LogP contribution in [0.4, 0.5) is 5.69 Å². The van der Waals surface area contributed by atoms with Gasteiger partial charge in [0.15, 0.2) is 6.61 Å². The van der Waals surface area contributed by atoms with Crippen molar-refractivity contribution in [3.05, 3.63) is 59.7 Å². The van der Waals surface area contributed by atoms with Gasteiger partial charge in [-0.05, 0) is 54.8 Å². The number of hydrogen-bond acceptors (Lipinski definition) is 4. The highest BCUT2D eigenvalue weighted by Gasteiger charge is 2.29. The molecule has 3 rings (SSSR count). The van der Waals surface area contributed by atoms with Gasteiger partial charge >= 0.3 is 5.97 Å². The van der Waals surface area contributed by atoms with Crippen LogP contribution in [0, 0.1) is 5.92 Å². The minimum Gasteiger partial charge on any atom is -0.482 e. The van der Waals surface area contributed by atoms with Crippen LogP contribution in [-0.2, 0) is 16.1 Å². The number of hydrogen-bond donors (Lipinski definition) is 2. The SMILES string of the molecule is CN(Cc1ccc(OCC(=O)O)cc1)C(=O)c1ccc(NC(=O)C2CC2)cc1. The van der Waals surface area contributed by atoms with Gasteiger partial charge in [-0.25, -0.2) is 4.79 Å². The molecule has 0 spiro atoms. The van der Waals surface area contributed by atoms with E-state index in [-0.39, 0.29) is 17.7 Å². The summed E-state index contributed by atoms with van der Waals surface area (Å²) in [6.07, 6.45) is 1.89. The second-order valence-corrected chi connectivity index (χ2v) is 6.83. The van der Waals surface area contributed by atoms with Crippen molar-refractivity contribution in [2.75, 3.05) is 19.0 Å². The van der Waals surface area contributed by atoms with Crippen LogP contribution >= 0.6 is 0 Å². The lowest BCUT2D eigenvalue weighted by atomic mass is 10.1. The summed E-state index contributed by atoms with van der Waals surface area (Å²) in [5, 5.41) is 11.5. The van der Waals surface area contributed by atoms with Crippen molar-refractivity contribution in [1.29, 1.82) is 0 Å². The van der Waals surface area contributed by atoms with E-state index in [1.807, 2.05) is 0 Å². The fourth-order valence-electron chi connectivity index (χ4n) is 2.69. The first-order valence-electron chi connectivity index (χ1n) is 9.02. The van der Waals surface area contributed by atoms with Gasteiger partial charge in [-0.2, -0.15) is 0 Å². The zero-order valence-electron chi connectivity index (χ0n) is 15.6. The molecule has 7 nitrogen and oxygen atoms in total. The molecule has 0 heterocycles. The molecule has 0 aliphatic heterocycles. The molecule has 0 aromatic heterocycles. The molecule has 1 saturated carbocycles. The van der Waals surface area contributed by atoms with E-state index in [9.17, 15) is 14.4 Å². The Morgan fingerprint density at radius 1 is 1.07 bits per heavy atom. The van der Waals surface area contributed by atoms with E-state index in [1.165, 1.54) is 0 Å². The van der Waals surface area contributed by atoms with Gasteiger partial charge in [0.2, 0.25) is 5.91 Å². The average molecular weight is 382 g/mol. The summed E-state index contributed by atoms with van der Waals surface area (Å²) in [6, 6.07) is 13.8. The predicted molar refractivity (Wildman–Crippen MR) is 103 cm³/mol. The first-order valence-corrected chi connectivity index (χ1v) is 9.02. The molecule has 1 aliphatic rings. The normalized spacial score (nSPS) is 12.9. The van der Waals surface area contributed by atoms with E-state index in [0.29, 0.717) is 23.5 Å². The highest BCUT2D eigenvalue weighted by atomic mass is 16.5. The Morgan fingerprint density at radius 2 is 1.71 bits per heavy atom. The fraction of sp³-hybridized carbons (Fsp3) is 0.286.